The second-order valence-electron chi connectivity index (χ2n) is 4.34. The fourth-order valence-electron chi connectivity index (χ4n) is 2.18. The van der Waals surface area contributed by atoms with E-state index in [1.54, 1.807) is 0 Å². The number of anilines is 1. The average molecular weight is 233 g/mol. The van der Waals surface area contributed by atoms with E-state index in [9.17, 15) is 4.79 Å². The number of benzene rings is 1. The van der Waals surface area contributed by atoms with Crippen LogP contribution in [-0.2, 0) is 16.0 Å². The lowest BCUT2D eigenvalue weighted by molar-refractivity contribution is -0.142. The molecule has 1 aromatic rings. The van der Waals surface area contributed by atoms with Crippen LogP contribution in [0.1, 0.15) is 25.3 Å². The third kappa shape index (κ3) is 3.22. The first-order chi connectivity index (χ1) is 8.29. The highest BCUT2D eigenvalue weighted by atomic mass is 16.5. The minimum absolute atomic E-state index is 0.151. The Labute approximate surface area is 102 Å². The first-order valence-corrected chi connectivity index (χ1v) is 6.29. The fraction of sp³-hybridized carbons (Fsp3) is 0.500. The molecule has 17 heavy (non-hydrogen) atoms. The summed E-state index contributed by atoms with van der Waals surface area (Å²) in [6.07, 6.45) is 2.93. The summed E-state index contributed by atoms with van der Waals surface area (Å²) in [4.78, 5) is 13.7. The highest BCUT2D eigenvalue weighted by molar-refractivity contribution is 5.72. The average Bonchev–Trinajstić information content (AvgIpc) is 2.84. The monoisotopic (exact) mass is 233 g/mol. The molecule has 2 rings (SSSR count). The van der Waals surface area contributed by atoms with Crippen molar-refractivity contribution in [2.45, 2.75) is 26.2 Å². The van der Waals surface area contributed by atoms with Gasteiger partial charge in [-0.3, -0.25) is 4.79 Å². The quantitative estimate of drug-likeness (QED) is 0.748. The zero-order chi connectivity index (χ0) is 12.1. The molecular formula is C14H19NO2. The standard InChI is InChI=1S/C14H19NO2/c1-2-17-14(16)11-12-5-7-13(8-6-12)15-9-3-4-10-15/h5-8H,2-4,9-11H2,1H3. The Balaban J connectivity index is 1.95. The third-order valence-corrected chi connectivity index (χ3v) is 3.06. The summed E-state index contributed by atoms with van der Waals surface area (Å²) >= 11 is 0. The number of hydrogen-bond donors (Lipinski definition) is 0. The maximum absolute atomic E-state index is 11.3. The predicted octanol–water partition coefficient (Wildman–Crippen LogP) is 2.39. The molecule has 3 nitrogen and oxygen atoms in total. The molecule has 3 heteroatoms. The molecule has 1 fully saturated rings. The van der Waals surface area contributed by atoms with Gasteiger partial charge in [-0.2, -0.15) is 0 Å². The summed E-state index contributed by atoms with van der Waals surface area (Å²) in [5.74, 6) is -0.151. The van der Waals surface area contributed by atoms with Crippen LogP contribution in [0.2, 0.25) is 0 Å². The lowest BCUT2D eigenvalue weighted by atomic mass is 10.1. The molecule has 0 atom stereocenters. The topological polar surface area (TPSA) is 29.5 Å². The lowest BCUT2D eigenvalue weighted by Crippen LogP contribution is -2.17. The Kier molecular flexibility index (Phi) is 4.02. The molecule has 92 valence electrons. The molecular weight excluding hydrogens is 214 g/mol. The van der Waals surface area contributed by atoms with Crippen molar-refractivity contribution in [1.29, 1.82) is 0 Å². The number of ether oxygens (including phenoxy) is 1. The molecule has 1 saturated heterocycles. The van der Waals surface area contributed by atoms with Crippen molar-refractivity contribution in [3.63, 3.8) is 0 Å². The van der Waals surface area contributed by atoms with E-state index in [1.807, 2.05) is 19.1 Å². The van der Waals surface area contributed by atoms with Crippen LogP contribution in [0, 0.1) is 0 Å². The van der Waals surface area contributed by atoms with Gasteiger partial charge in [0.2, 0.25) is 0 Å². The smallest absolute Gasteiger partial charge is 0.310 e. The van der Waals surface area contributed by atoms with E-state index in [0.29, 0.717) is 13.0 Å². The van der Waals surface area contributed by atoms with Crippen molar-refractivity contribution in [3.8, 4) is 0 Å². The van der Waals surface area contributed by atoms with Crippen LogP contribution in [0.25, 0.3) is 0 Å². The Morgan fingerprint density at radius 2 is 1.88 bits per heavy atom. The van der Waals surface area contributed by atoms with Crippen LogP contribution in [0.5, 0.6) is 0 Å². The molecule has 1 heterocycles. The molecule has 1 aliphatic rings. The Hall–Kier alpha value is -1.51. The van der Waals surface area contributed by atoms with Gasteiger partial charge in [-0.25, -0.2) is 0 Å². The lowest BCUT2D eigenvalue weighted by Gasteiger charge is -2.17. The van der Waals surface area contributed by atoms with Crippen LogP contribution < -0.4 is 4.90 Å². The van der Waals surface area contributed by atoms with E-state index < -0.39 is 0 Å². The number of hydrogen-bond acceptors (Lipinski definition) is 3. The van der Waals surface area contributed by atoms with Crippen molar-refractivity contribution in [3.05, 3.63) is 29.8 Å². The summed E-state index contributed by atoms with van der Waals surface area (Å²) in [7, 11) is 0. The molecule has 0 bridgehead atoms. The van der Waals surface area contributed by atoms with Gasteiger partial charge in [0.25, 0.3) is 0 Å². The van der Waals surface area contributed by atoms with E-state index in [2.05, 4.69) is 17.0 Å². The molecule has 0 radical (unpaired) electrons. The molecule has 0 aliphatic carbocycles. The number of carbonyl (C=O) groups is 1. The van der Waals surface area contributed by atoms with Gasteiger partial charge in [0.1, 0.15) is 0 Å². The minimum atomic E-state index is -0.151. The van der Waals surface area contributed by atoms with E-state index in [4.69, 9.17) is 4.74 Å². The highest BCUT2D eigenvalue weighted by Crippen LogP contribution is 2.20. The summed E-state index contributed by atoms with van der Waals surface area (Å²) in [6, 6.07) is 8.23. The molecule has 0 saturated carbocycles. The number of nitrogens with zero attached hydrogens (tertiary/aromatic N) is 1. The van der Waals surface area contributed by atoms with Crippen LogP contribution in [0.4, 0.5) is 5.69 Å². The Morgan fingerprint density at radius 1 is 1.24 bits per heavy atom. The molecule has 0 spiro atoms. The normalized spacial score (nSPS) is 15.0. The van der Waals surface area contributed by atoms with Gasteiger partial charge in [-0.15, -0.1) is 0 Å². The van der Waals surface area contributed by atoms with Crippen molar-refractivity contribution < 1.29 is 9.53 Å². The minimum Gasteiger partial charge on any atom is -0.466 e. The SMILES string of the molecule is CCOC(=O)Cc1ccc(N2CCCC2)cc1. The van der Waals surface area contributed by atoms with Gasteiger partial charge in [0.15, 0.2) is 0 Å². The fourth-order valence-corrected chi connectivity index (χ4v) is 2.18. The second-order valence-corrected chi connectivity index (χ2v) is 4.34. The first-order valence-electron chi connectivity index (χ1n) is 6.29. The van der Waals surface area contributed by atoms with Crippen molar-refractivity contribution in [2.24, 2.45) is 0 Å². The van der Waals surface area contributed by atoms with E-state index in [1.165, 1.54) is 18.5 Å². The molecule has 1 aromatic carbocycles. The largest absolute Gasteiger partial charge is 0.466 e. The Bertz CT molecular complexity index is 366. The molecule has 0 N–H and O–H groups in total. The van der Waals surface area contributed by atoms with Crippen LogP contribution in [-0.4, -0.2) is 25.7 Å². The maximum Gasteiger partial charge on any atom is 0.310 e. The second kappa shape index (κ2) is 5.71. The van der Waals surface area contributed by atoms with Gasteiger partial charge in [0.05, 0.1) is 13.0 Å². The zero-order valence-corrected chi connectivity index (χ0v) is 10.3. The van der Waals surface area contributed by atoms with E-state index >= 15 is 0 Å². The highest BCUT2D eigenvalue weighted by Gasteiger charge is 2.12. The molecule has 0 aromatic heterocycles. The van der Waals surface area contributed by atoms with E-state index in [-0.39, 0.29) is 5.97 Å². The number of esters is 1. The van der Waals surface area contributed by atoms with Gasteiger partial charge in [-0.1, -0.05) is 12.1 Å². The van der Waals surface area contributed by atoms with Crippen molar-refractivity contribution >= 4 is 11.7 Å². The summed E-state index contributed by atoms with van der Waals surface area (Å²) < 4.78 is 4.93. The number of rotatable bonds is 4. The predicted molar refractivity (Wildman–Crippen MR) is 68.2 cm³/mol. The van der Waals surface area contributed by atoms with Gasteiger partial charge >= 0.3 is 5.97 Å². The number of carbonyl (C=O) groups excluding carboxylic acids is 1. The van der Waals surface area contributed by atoms with Crippen LogP contribution in [0.3, 0.4) is 0 Å². The van der Waals surface area contributed by atoms with Crippen LogP contribution >= 0.6 is 0 Å². The van der Waals surface area contributed by atoms with Gasteiger partial charge in [0, 0.05) is 18.8 Å². The van der Waals surface area contributed by atoms with Gasteiger partial charge in [-0.05, 0) is 37.5 Å². The molecule has 1 aliphatic heterocycles. The van der Waals surface area contributed by atoms with Gasteiger partial charge < -0.3 is 9.64 Å². The molecule has 0 unspecified atom stereocenters. The summed E-state index contributed by atoms with van der Waals surface area (Å²) in [6.45, 7) is 4.58. The maximum atomic E-state index is 11.3. The third-order valence-electron chi connectivity index (χ3n) is 3.06. The first kappa shape index (κ1) is 12.0. The van der Waals surface area contributed by atoms with Crippen LogP contribution in [0.15, 0.2) is 24.3 Å². The van der Waals surface area contributed by atoms with Crippen molar-refractivity contribution in [1.82, 2.24) is 0 Å². The van der Waals surface area contributed by atoms with E-state index in [0.717, 1.165) is 18.7 Å². The molecule has 0 amide bonds. The Morgan fingerprint density at radius 3 is 2.47 bits per heavy atom. The van der Waals surface area contributed by atoms with Crippen molar-refractivity contribution in [2.75, 3.05) is 24.6 Å². The summed E-state index contributed by atoms with van der Waals surface area (Å²) in [5, 5.41) is 0. The zero-order valence-electron chi connectivity index (χ0n) is 10.3. The summed E-state index contributed by atoms with van der Waals surface area (Å²) in [5.41, 5.74) is 2.28.